The molecule has 44 heavy (non-hydrogen) atoms. The normalized spacial score (nSPS) is 13.2. The average Bonchev–Trinajstić information content (AvgIpc) is 3.71. The molecule has 0 radical (unpaired) electrons. The van der Waals surface area contributed by atoms with Crippen LogP contribution in [0.3, 0.4) is 0 Å². The second-order valence-electron chi connectivity index (χ2n) is 10.5. The highest BCUT2D eigenvalue weighted by Crippen LogP contribution is 2.40. The van der Waals surface area contributed by atoms with Crippen LogP contribution in [0.1, 0.15) is 6.85 Å². The molecule has 0 amide bonds. The first-order valence-corrected chi connectivity index (χ1v) is 14.9. The lowest BCUT2D eigenvalue weighted by Crippen LogP contribution is -2.00. The molecule has 5 heteroatoms. The minimum absolute atomic E-state index is 0.0151. The van der Waals surface area contributed by atoms with Crippen molar-refractivity contribution in [2.45, 2.75) is 0 Å². The van der Waals surface area contributed by atoms with Gasteiger partial charge in [0.2, 0.25) is 0 Å². The van der Waals surface area contributed by atoms with E-state index in [1.54, 1.807) is 11.3 Å². The maximum atomic E-state index is 8.68. The summed E-state index contributed by atoms with van der Waals surface area (Å²) in [5.74, 6) is 0.576. The molecule has 4 nitrogen and oxygen atoms in total. The summed E-state index contributed by atoms with van der Waals surface area (Å²) in [6.45, 7) is 0. The number of nitrogens with zero attached hydrogens (tertiary/aromatic N) is 3. The molecule has 9 rings (SSSR count). The van der Waals surface area contributed by atoms with Crippen LogP contribution in [-0.2, 0) is 0 Å². The molecule has 0 atom stereocenters. The van der Waals surface area contributed by atoms with Crippen LogP contribution < -0.4 is 0 Å². The molecule has 206 valence electrons. The van der Waals surface area contributed by atoms with E-state index in [0.29, 0.717) is 22.5 Å². The highest BCUT2D eigenvalue weighted by atomic mass is 32.1. The molecular weight excluding hydrogens is 559 g/mol. The van der Waals surface area contributed by atoms with E-state index in [9.17, 15) is 0 Å². The largest absolute Gasteiger partial charge is 0.456 e. The highest BCUT2D eigenvalue weighted by molar-refractivity contribution is 7.26. The SMILES string of the molecule is [2H]c1c([2H])c([2H])c(-c2nc(-c3cccc(-c4cccc5c4sc4ccccc45)c3)nc(-c3ccc4c(c3)oc3ccccc34)n2)c([2H])c1[2H]. The number of aromatic nitrogens is 3. The number of hydrogen-bond acceptors (Lipinski definition) is 5. The Kier molecular flexibility index (Phi) is 4.60. The fourth-order valence-corrected chi connectivity index (χ4v) is 7.01. The molecule has 3 aromatic heterocycles. The first kappa shape index (κ1) is 20.3. The van der Waals surface area contributed by atoms with Crippen molar-refractivity contribution in [1.82, 2.24) is 15.0 Å². The molecule has 0 aliphatic carbocycles. The summed E-state index contributed by atoms with van der Waals surface area (Å²) >= 11 is 1.75. The third-order valence-corrected chi connectivity index (χ3v) is 9.05. The summed E-state index contributed by atoms with van der Waals surface area (Å²) < 4.78 is 50.6. The van der Waals surface area contributed by atoms with Crippen LogP contribution in [0.15, 0.2) is 144 Å². The standard InChI is InChI=1S/C39H23N3OS/c1-2-10-24(11-3-1)37-40-38(42-39(41-37)27-20-21-30-29-14-4-6-18-33(29)43-34(30)23-27)26-13-8-12-25(22-26)28-16-9-17-32-31-15-5-7-19-35(31)44-36(28)32/h1-23H/i1D,2D,3D,10D,11D. The fourth-order valence-electron chi connectivity index (χ4n) is 5.77. The van der Waals surface area contributed by atoms with Gasteiger partial charge in [-0.05, 0) is 41.5 Å². The van der Waals surface area contributed by atoms with Crippen molar-refractivity contribution >= 4 is 53.4 Å². The number of para-hydroxylation sites is 1. The highest BCUT2D eigenvalue weighted by Gasteiger charge is 2.16. The Balaban J connectivity index is 1.26. The molecule has 0 bridgehead atoms. The third-order valence-electron chi connectivity index (χ3n) is 7.83. The molecule has 9 aromatic rings. The van der Waals surface area contributed by atoms with Gasteiger partial charge in [-0.2, -0.15) is 0 Å². The minimum atomic E-state index is -0.480. The Morgan fingerprint density at radius 2 is 1.16 bits per heavy atom. The molecular formula is C39H23N3OS. The summed E-state index contributed by atoms with van der Waals surface area (Å²) in [5.41, 5.74) is 4.71. The van der Waals surface area contributed by atoms with Crippen LogP contribution in [0.4, 0.5) is 0 Å². The average molecular weight is 587 g/mol. The topological polar surface area (TPSA) is 51.8 Å². The first-order valence-electron chi connectivity index (χ1n) is 16.6. The van der Waals surface area contributed by atoms with Gasteiger partial charge in [-0.25, -0.2) is 15.0 Å². The monoisotopic (exact) mass is 586 g/mol. The fraction of sp³-hybridized carbons (Fsp3) is 0. The van der Waals surface area contributed by atoms with Crippen LogP contribution in [0, 0.1) is 0 Å². The Bertz CT molecular complexity index is 2780. The van der Waals surface area contributed by atoms with Gasteiger partial charge >= 0.3 is 0 Å². The van der Waals surface area contributed by atoms with Gasteiger partial charge in [0.15, 0.2) is 17.5 Å². The number of fused-ring (bicyclic) bond motifs is 6. The van der Waals surface area contributed by atoms with Crippen molar-refractivity contribution in [2.75, 3.05) is 0 Å². The van der Waals surface area contributed by atoms with Gasteiger partial charge in [0.05, 0.1) is 6.85 Å². The van der Waals surface area contributed by atoms with Gasteiger partial charge in [0.1, 0.15) is 11.2 Å². The molecule has 3 heterocycles. The summed E-state index contributed by atoms with van der Waals surface area (Å²) in [6, 6.07) is 34.0. The van der Waals surface area contributed by atoms with E-state index in [0.717, 1.165) is 27.5 Å². The van der Waals surface area contributed by atoms with E-state index >= 15 is 0 Å². The maximum absolute atomic E-state index is 8.68. The van der Waals surface area contributed by atoms with Gasteiger partial charge in [0, 0.05) is 47.6 Å². The van der Waals surface area contributed by atoms with Gasteiger partial charge in [0.25, 0.3) is 0 Å². The predicted octanol–water partition coefficient (Wildman–Crippen LogP) is 10.8. The zero-order chi connectivity index (χ0) is 33.4. The van der Waals surface area contributed by atoms with E-state index < -0.39 is 18.1 Å². The van der Waals surface area contributed by atoms with Crippen molar-refractivity contribution in [3.05, 3.63) is 139 Å². The number of rotatable bonds is 4. The van der Waals surface area contributed by atoms with Crippen molar-refractivity contribution in [3.63, 3.8) is 0 Å². The van der Waals surface area contributed by atoms with Crippen molar-refractivity contribution in [1.29, 1.82) is 0 Å². The lowest BCUT2D eigenvalue weighted by atomic mass is 10.0. The maximum Gasteiger partial charge on any atom is 0.164 e. The van der Waals surface area contributed by atoms with Gasteiger partial charge in [-0.1, -0.05) is 109 Å². The molecule has 0 saturated heterocycles. The summed E-state index contributed by atoms with van der Waals surface area (Å²) in [6.07, 6.45) is 0. The van der Waals surface area contributed by atoms with E-state index in [1.807, 2.05) is 60.7 Å². The van der Waals surface area contributed by atoms with Crippen LogP contribution in [0.25, 0.3) is 87.4 Å². The first-order chi connectivity index (χ1) is 23.9. The van der Waals surface area contributed by atoms with E-state index in [1.165, 1.54) is 20.2 Å². The molecule has 0 aliphatic heterocycles. The van der Waals surface area contributed by atoms with Crippen LogP contribution in [-0.4, -0.2) is 15.0 Å². The van der Waals surface area contributed by atoms with Crippen molar-refractivity contribution in [3.8, 4) is 45.3 Å². The third kappa shape index (κ3) is 4.09. The van der Waals surface area contributed by atoms with E-state index in [2.05, 4.69) is 48.5 Å². The number of furan rings is 1. The summed E-state index contributed by atoms with van der Waals surface area (Å²) in [7, 11) is 0. The minimum Gasteiger partial charge on any atom is -0.456 e. The lowest BCUT2D eigenvalue weighted by molar-refractivity contribution is 0.669. The molecule has 0 N–H and O–H groups in total. The molecule has 0 unspecified atom stereocenters. The van der Waals surface area contributed by atoms with Crippen molar-refractivity contribution in [2.24, 2.45) is 0 Å². The number of hydrogen-bond donors (Lipinski definition) is 0. The molecule has 0 saturated carbocycles. The van der Waals surface area contributed by atoms with E-state index in [4.69, 9.17) is 26.2 Å². The zero-order valence-electron chi connectivity index (χ0n) is 28.1. The van der Waals surface area contributed by atoms with Crippen LogP contribution >= 0.6 is 11.3 Å². The van der Waals surface area contributed by atoms with Crippen LogP contribution in [0.2, 0.25) is 0 Å². The Morgan fingerprint density at radius 3 is 2.02 bits per heavy atom. The number of thiophene rings is 1. The van der Waals surface area contributed by atoms with Gasteiger partial charge in [-0.15, -0.1) is 11.3 Å². The van der Waals surface area contributed by atoms with Crippen molar-refractivity contribution < 1.29 is 11.3 Å². The molecule has 6 aromatic carbocycles. The molecule has 0 aliphatic rings. The zero-order valence-corrected chi connectivity index (χ0v) is 23.9. The predicted molar refractivity (Wildman–Crippen MR) is 182 cm³/mol. The van der Waals surface area contributed by atoms with Crippen LogP contribution in [0.5, 0.6) is 0 Å². The quantitative estimate of drug-likeness (QED) is 0.206. The second-order valence-corrected chi connectivity index (χ2v) is 11.5. The smallest absolute Gasteiger partial charge is 0.164 e. The Morgan fingerprint density at radius 1 is 0.500 bits per heavy atom. The van der Waals surface area contributed by atoms with Gasteiger partial charge in [-0.3, -0.25) is 0 Å². The van der Waals surface area contributed by atoms with E-state index in [-0.39, 0.29) is 29.3 Å². The summed E-state index contributed by atoms with van der Waals surface area (Å²) in [5, 5.41) is 4.34. The Labute approximate surface area is 264 Å². The number of benzene rings is 6. The molecule has 0 fully saturated rings. The Hall–Kier alpha value is -5.65. The lowest BCUT2D eigenvalue weighted by Gasteiger charge is -2.10. The second kappa shape index (κ2) is 9.97. The molecule has 0 spiro atoms. The van der Waals surface area contributed by atoms with Gasteiger partial charge < -0.3 is 4.42 Å². The summed E-state index contributed by atoms with van der Waals surface area (Å²) in [4.78, 5) is 14.4.